The molecule has 1 aromatic rings. The molecule has 0 bridgehead atoms. The minimum absolute atomic E-state index is 0.0604. The van der Waals surface area contributed by atoms with Crippen molar-refractivity contribution in [3.8, 4) is 0 Å². The van der Waals surface area contributed by atoms with Gasteiger partial charge in [-0.15, -0.1) is 0 Å². The predicted molar refractivity (Wildman–Crippen MR) is 81.8 cm³/mol. The van der Waals surface area contributed by atoms with E-state index in [-0.39, 0.29) is 17.9 Å². The van der Waals surface area contributed by atoms with Crippen molar-refractivity contribution in [3.63, 3.8) is 0 Å². The van der Waals surface area contributed by atoms with E-state index in [1.807, 2.05) is 36.2 Å². The number of nitrogens with zero attached hydrogens (tertiary/aromatic N) is 1. The monoisotopic (exact) mass is 298 g/mol. The molecule has 0 saturated carbocycles. The van der Waals surface area contributed by atoms with Crippen LogP contribution in [0.2, 0.25) is 0 Å². The number of fused-ring (bicyclic) bond motifs is 1. The van der Waals surface area contributed by atoms with Crippen LogP contribution in [0.3, 0.4) is 0 Å². The number of ketones is 1. The van der Waals surface area contributed by atoms with E-state index < -0.39 is 0 Å². The summed E-state index contributed by atoms with van der Waals surface area (Å²) in [6, 6.07) is 9.11. The van der Waals surface area contributed by atoms with Gasteiger partial charge in [0, 0.05) is 38.1 Å². The van der Waals surface area contributed by atoms with Gasteiger partial charge in [0.25, 0.3) is 5.91 Å². The molecule has 1 atom stereocenters. The Labute approximate surface area is 129 Å². The smallest absolute Gasteiger partial charge is 0.251 e. The number of allylic oxidation sites excluding steroid dienone is 2. The number of hydrogen-bond donors (Lipinski definition) is 1. The zero-order valence-electron chi connectivity index (χ0n) is 12.4. The molecule has 5 heteroatoms. The molecule has 1 aliphatic heterocycles. The van der Waals surface area contributed by atoms with Crippen LogP contribution in [0, 0.1) is 0 Å². The van der Waals surface area contributed by atoms with Gasteiger partial charge < -0.3 is 15.0 Å². The lowest BCUT2D eigenvalue weighted by atomic mass is 10.1. The Kier molecular flexibility index (Phi) is 3.96. The van der Waals surface area contributed by atoms with E-state index >= 15 is 0 Å². The van der Waals surface area contributed by atoms with Gasteiger partial charge in [-0.1, -0.05) is 18.2 Å². The van der Waals surface area contributed by atoms with Crippen molar-refractivity contribution in [2.24, 2.45) is 0 Å². The second kappa shape index (κ2) is 6.05. The summed E-state index contributed by atoms with van der Waals surface area (Å²) in [6.07, 6.45) is 4.36. The van der Waals surface area contributed by atoms with Crippen LogP contribution < -0.4 is 5.32 Å². The topological polar surface area (TPSA) is 58.6 Å². The molecule has 1 aliphatic carbocycles. The normalized spacial score (nSPS) is 20.0. The van der Waals surface area contributed by atoms with Crippen molar-refractivity contribution in [1.29, 1.82) is 0 Å². The molecular formula is C17H18N2O3. The van der Waals surface area contributed by atoms with Crippen LogP contribution in [0.25, 0.3) is 0 Å². The fourth-order valence-electron chi connectivity index (χ4n) is 2.62. The molecule has 22 heavy (non-hydrogen) atoms. The van der Waals surface area contributed by atoms with Crippen LogP contribution >= 0.6 is 0 Å². The van der Waals surface area contributed by atoms with Crippen LogP contribution in [0.4, 0.5) is 0 Å². The zero-order valence-corrected chi connectivity index (χ0v) is 12.4. The van der Waals surface area contributed by atoms with Gasteiger partial charge in [0.05, 0.1) is 5.70 Å². The van der Waals surface area contributed by atoms with E-state index in [1.54, 1.807) is 18.2 Å². The molecule has 0 radical (unpaired) electrons. The molecule has 0 aromatic heterocycles. The first kappa shape index (κ1) is 14.4. The number of carbonyl (C=O) groups excluding carboxylic acids is 2. The Morgan fingerprint density at radius 2 is 2.14 bits per heavy atom. The third kappa shape index (κ3) is 2.88. The molecule has 5 nitrogen and oxygen atoms in total. The zero-order chi connectivity index (χ0) is 15.5. The van der Waals surface area contributed by atoms with Gasteiger partial charge in [0.2, 0.25) is 0 Å². The number of benzene rings is 1. The lowest BCUT2D eigenvalue weighted by Gasteiger charge is -2.20. The third-order valence-corrected chi connectivity index (χ3v) is 3.83. The average molecular weight is 298 g/mol. The quantitative estimate of drug-likeness (QED) is 0.921. The van der Waals surface area contributed by atoms with Crippen molar-refractivity contribution in [2.75, 3.05) is 13.6 Å². The first-order valence-electron chi connectivity index (χ1n) is 7.33. The van der Waals surface area contributed by atoms with Crippen molar-refractivity contribution in [3.05, 3.63) is 59.5 Å². The molecule has 114 valence electrons. The average Bonchev–Trinajstić information content (AvgIpc) is 2.83. The van der Waals surface area contributed by atoms with Crippen LogP contribution in [0.1, 0.15) is 23.2 Å². The molecular weight excluding hydrogens is 280 g/mol. The molecule has 1 unspecified atom stereocenters. The Morgan fingerprint density at radius 3 is 2.91 bits per heavy atom. The summed E-state index contributed by atoms with van der Waals surface area (Å²) in [5.41, 5.74) is 1.60. The van der Waals surface area contributed by atoms with Crippen LogP contribution in [0.15, 0.2) is 53.9 Å². The van der Waals surface area contributed by atoms with Gasteiger partial charge in [0.1, 0.15) is 5.76 Å². The number of rotatable bonds is 4. The maximum atomic E-state index is 12.0. The number of likely N-dealkylation sites (N-methyl/N-ethyl adjacent to an activating group) is 1. The fourth-order valence-corrected chi connectivity index (χ4v) is 2.62. The van der Waals surface area contributed by atoms with Gasteiger partial charge >= 0.3 is 0 Å². The standard InChI is InChI=1S/C17H18N2O3/c1-19-14-8-7-13(20)11-15(14)22-16(19)9-10-18-17(21)12-5-3-2-4-6-12/h2-6,8,11,16H,7,9-10H2,1H3,(H,18,21). The van der Waals surface area contributed by atoms with Crippen LogP contribution in [-0.4, -0.2) is 36.4 Å². The van der Waals surface area contributed by atoms with E-state index in [4.69, 9.17) is 4.74 Å². The summed E-state index contributed by atoms with van der Waals surface area (Å²) < 4.78 is 5.78. The van der Waals surface area contributed by atoms with E-state index in [0.717, 1.165) is 5.70 Å². The molecule has 3 rings (SSSR count). The SMILES string of the molecule is CN1C2=CCC(=O)C=C2OC1CCNC(=O)c1ccccc1. The Morgan fingerprint density at radius 1 is 1.36 bits per heavy atom. The molecule has 0 spiro atoms. The molecule has 1 fully saturated rings. The summed E-state index contributed by atoms with van der Waals surface area (Å²) in [4.78, 5) is 25.4. The minimum Gasteiger partial charge on any atom is -0.468 e. The number of carbonyl (C=O) groups is 2. The lowest BCUT2D eigenvalue weighted by molar-refractivity contribution is -0.114. The maximum Gasteiger partial charge on any atom is 0.251 e. The highest BCUT2D eigenvalue weighted by atomic mass is 16.5. The molecule has 1 heterocycles. The number of ether oxygens (including phenoxy) is 1. The largest absolute Gasteiger partial charge is 0.468 e. The highest BCUT2D eigenvalue weighted by Crippen LogP contribution is 2.32. The van der Waals surface area contributed by atoms with Crippen molar-refractivity contribution < 1.29 is 14.3 Å². The fraction of sp³-hybridized carbons (Fsp3) is 0.294. The lowest BCUT2D eigenvalue weighted by Crippen LogP contribution is -2.32. The molecule has 1 N–H and O–H groups in total. The summed E-state index contributed by atoms with van der Waals surface area (Å²) in [6.45, 7) is 0.511. The second-order valence-corrected chi connectivity index (χ2v) is 5.36. The highest BCUT2D eigenvalue weighted by Gasteiger charge is 2.32. The van der Waals surface area contributed by atoms with E-state index in [0.29, 0.717) is 30.7 Å². The molecule has 2 aliphatic rings. The van der Waals surface area contributed by atoms with Crippen molar-refractivity contribution in [1.82, 2.24) is 10.2 Å². The van der Waals surface area contributed by atoms with Crippen LogP contribution in [0.5, 0.6) is 0 Å². The first-order chi connectivity index (χ1) is 10.6. The highest BCUT2D eigenvalue weighted by molar-refractivity contribution is 5.94. The van der Waals surface area contributed by atoms with E-state index in [9.17, 15) is 9.59 Å². The molecule has 1 amide bonds. The van der Waals surface area contributed by atoms with Crippen molar-refractivity contribution >= 4 is 11.7 Å². The maximum absolute atomic E-state index is 12.0. The second-order valence-electron chi connectivity index (χ2n) is 5.36. The summed E-state index contributed by atoms with van der Waals surface area (Å²) >= 11 is 0. The van der Waals surface area contributed by atoms with E-state index in [1.165, 1.54) is 0 Å². The number of amides is 1. The molecule has 1 saturated heterocycles. The van der Waals surface area contributed by atoms with E-state index in [2.05, 4.69) is 5.32 Å². The summed E-state index contributed by atoms with van der Waals surface area (Å²) in [7, 11) is 1.94. The van der Waals surface area contributed by atoms with Gasteiger partial charge in [-0.25, -0.2) is 0 Å². The Balaban J connectivity index is 1.54. The van der Waals surface area contributed by atoms with Gasteiger partial charge in [-0.2, -0.15) is 0 Å². The summed E-state index contributed by atoms with van der Waals surface area (Å²) in [5, 5.41) is 2.89. The number of hydrogen-bond acceptors (Lipinski definition) is 4. The van der Waals surface area contributed by atoms with Gasteiger partial charge in [0.15, 0.2) is 12.0 Å². The first-order valence-corrected chi connectivity index (χ1v) is 7.33. The summed E-state index contributed by atoms with van der Waals surface area (Å²) in [5.74, 6) is 0.607. The van der Waals surface area contributed by atoms with Gasteiger partial charge in [-0.3, -0.25) is 9.59 Å². The number of nitrogens with one attached hydrogen (secondary N) is 1. The minimum atomic E-state index is -0.153. The van der Waals surface area contributed by atoms with Crippen LogP contribution in [-0.2, 0) is 9.53 Å². The third-order valence-electron chi connectivity index (χ3n) is 3.83. The predicted octanol–water partition coefficient (Wildman–Crippen LogP) is 1.84. The molecule has 1 aromatic carbocycles. The van der Waals surface area contributed by atoms with Gasteiger partial charge in [-0.05, 0) is 18.2 Å². The Bertz CT molecular complexity index is 649. The van der Waals surface area contributed by atoms with Crippen molar-refractivity contribution in [2.45, 2.75) is 19.1 Å². The Hall–Kier alpha value is -2.56.